The topological polar surface area (TPSA) is 53.1 Å². The Morgan fingerprint density at radius 1 is 0.844 bits per heavy atom. The molecule has 1 fully saturated rings. The summed E-state index contributed by atoms with van der Waals surface area (Å²) in [6.07, 6.45) is -6.52. The summed E-state index contributed by atoms with van der Waals surface area (Å²) in [5.74, 6) is -1.10. The van der Waals surface area contributed by atoms with Gasteiger partial charge in [0.1, 0.15) is 11.6 Å². The number of carbonyl (C=O) groups is 2. The van der Waals surface area contributed by atoms with E-state index in [9.17, 15) is 40.3 Å². The van der Waals surface area contributed by atoms with Crippen LogP contribution < -0.4 is 4.74 Å². The van der Waals surface area contributed by atoms with Crippen LogP contribution in [0.15, 0.2) is 72.8 Å². The summed E-state index contributed by atoms with van der Waals surface area (Å²) in [5.41, 5.74) is -2.70. The van der Waals surface area contributed by atoms with E-state index in [1.54, 1.807) is 24.2 Å². The van der Waals surface area contributed by atoms with E-state index in [1.165, 1.54) is 29.2 Å². The molecule has 1 heterocycles. The van der Waals surface area contributed by atoms with Crippen LogP contribution in [0, 0.1) is 5.82 Å². The maximum Gasteiger partial charge on any atom is 0.416 e. The van der Waals surface area contributed by atoms with Crippen LogP contribution in [0.5, 0.6) is 5.75 Å². The second-order valence-electron chi connectivity index (χ2n) is 10.3. The number of rotatable bonds is 9. The lowest BCUT2D eigenvalue weighted by atomic mass is 10.0. The zero-order valence-electron chi connectivity index (χ0n) is 24.2. The number of hydrogen-bond donors (Lipinski definition) is 0. The zero-order chi connectivity index (χ0) is 32.8. The van der Waals surface area contributed by atoms with E-state index in [0.717, 1.165) is 5.56 Å². The number of halogens is 7. The lowest BCUT2D eigenvalue weighted by Gasteiger charge is -2.36. The number of alkyl halides is 6. The average Bonchev–Trinajstić information content (AvgIpc) is 3.01. The van der Waals surface area contributed by atoms with Crippen molar-refractivity contribution >= 4 is 17.9 Å². The first-order valence-electron chi connectivity index (χ1n) is 13.9. The fraction of sp³-hybridized carbons (Fsp3) is 0.312. The molecule has 3 aromatic carbocycles. The van der Waals surface area contributed by atoms with E-state index in [2.05, 4.69) is 0 Å². The molecule has 1 aliphatic heterocycles. The molecule has 0 aliphatic carbocycles. The van der Waals surface area contributed by atoms with Gasteiger partial charge in [-0.15, -0.1) is 0 Å². The maximum atomic E-state index is 13.5. The lowest BCUT2D eigenvalue weighted by Crippen LogP contribution is -2.50. The van der Waals surface area contributed by atoms with E-state index in [1.807, 2.05) is 29.2 Å². The predicted octanol–water partition coefficient (Wildman–Crippen LogP) is 6.49. The van der Waals surface area contributed by atoms with Gasteiger partial charge in [-0.25, -0.2) is 4.39 Å². The first kappa shape index (κ1) is 33.5. The van der Waals surface area contributed by atoms with Crippen molar-refractivity contribution in [2.45, 2.75) is 12.4 Å². The van der Waals surface area contributed by atoms with Gasteiger partial charge in [0.25, 0.3) is 11.8 Å². The predicted molar refractivity (Wildman–Crippen MR) is 153 cm³/mol. The summed E-state index contributed by atoms with van der Waals surface area (Å²) in [6.45, 7) is 1.54. The molecule has 0 aromatic heterocycles. The highest BCUT2D eigenvalue weighted by atomic mass is 19.4. The van der Waals surface area contributed by atoms with Crippen molar-refractivity contribution in [3.05, 3.63) is 106 Å². The Kier molecular flexibility index (Phi) is 10.5. The van der Waals surface area contributed by atoms with Crippen molar-refractivity contribution in [1.82, 2.24) is 14.7 Å². The minimum Gasteiger partial charge on any atom is -0.496 e. The molecule has 0 spiro atoms. The van der Waals surface area contributed by atoms with E-state index in [-0.39, 0.29) is 56.8 Å². The molecule has 45 heavy (non-hydrogen) atoms. The number of hydrogen-bond acceptors (Lipinski definition) is 4. The Balaban J connectivity index is 1.42. The molecule has 0 unspecified atom stereocenters. The molecule has 6 nitrogen and oxygen atoms in total. The minimum atomic E-state index is -5.06. The van der Waals surface area contributed by atoms with Gasteiger partial charge in [0.05, 0.1) is 18.2 Å². The number of para-hydroxylation sites is 1. The van der Waals surface area contributed by atoms with Gasteiger partial charge in [-0.3, -0.25) is 14.5 Å². The third-order valence-corrected chi connectivity index (χ3v) is 7.32. The third-order valence-electron chi connectivity index (χ3n) is 7.32. The van der Waals surface area contributed by atoms with Gasteiger partial charge in [0.2, 0.25) is 0 Å². The number of methoxy groups -OCH3 is 1. The van der Waals surface area contributed by atoms with Crippen molar-refractivity contribution in [3.8, 4) is 5.75 Å². The van der Waals surface area contributed by atoms with Gasteiger partial charge >= 0.3 is 12.4 Å². The number of ether oxygens (including phenoxy) is 1. The van der Waals surface area contributed by atoms with E-state index in [0.29, 0.717) is 24.4 Å². The van der Waals surface area contributed by atoms with Crippen LogP contribution in [0.1, 0.15) is 37.4 Å². The third kappa shape index (κ3) is 8.84. The molecule has 0 bridgehead atoms. The van der Waals surface area contributed by atoms with Crippen LogP contribution in [0.2, 0.25) is 0 Å². The fourth-order valence-electron chi connectivity index (χ4n) is 4.86. The Labute approximate surface area is 255 Å². The quantitative estimate of drug-likeness (QED) is 0.252. The Bertz CT molecular complexity index is 1480. The highest BCUT2D eigenvalue weighted by Crippen LogP contribution is 2.36. The van der Waals surface area contributed by atoms with Crippen molar-refractivity contribution in [3.63, 3.8) is 0 Å². The standard InChI is InChI=1S/C32H30F7N3O3/c1-45-28-7-3-2-5-22(28)6-4-12-41(29(43)23-8-10-27(33)11-9-23)16-13-40-14-17-42(18-15-40)30(44)24-19-25(31(34,35)36)21-26(20-24)32(37,38)39/h2-11,19-21H,12-18H2,1H3. The summed E-state index contributed by atoms with van der Waals surface area (Å²) in [7, 11) is 1.55. The van der Waals surface area contributed by atoms with Gasteiger partial charge in [-0.2, -0.15) is 26.3 Å². The van der Waals surface area contributed by atoms with Gasteiger partial charge in [-0.1, -0.05) is 30.4 Å². The molecule has 1 aliphatic rings. The Morgan fingerprint density at radius 3 is 2.02 bits per heavy atom. The molecular formula is C32H30F7N3O3. The summed E-state index contributed by atoms with van der Waals surface area (Å²) in [4.78, 5) is 31.0. The highest BCUT2D eigenvalue weighted by molar-refractivity contribution is 5.95. The number of carbonyl (C=O) groups excluding carboxylic acids is 2. The molecule has 0 N–H and O–H groups in total. The molecule has 0 atom stereocenters. The van der Waals surface area contributed by atoms with Crippen LogP contribution in [0.3, 0.4) is 0 Å². The first-order valence-corrected chi connectivity index (χ1v) is 13.9. The van der Waals surface area contributed by atoms with Gasteiger partial charge in [-0.05, 0) is 48.5 Å². The Morgan fingerprint density at radius 2 is 1.44 bits per heavy atom. The summed E-state index contributed by atoms with van der Waals surface area (Å²) in [6, 6.07) is 13.3. The molecule has 2 amide bonds. The number of benzene rings is 3. The average molecular weight is 638 g/mol. The van der Waals surface area contributed by atoms with Crippen LogP contribution in [0.25, 0.3) is 6.08 Å². The van der Waals surface area contributed by atoms with Gasteiger partial charge < -0.3 is 14.5 Å². The van der Waals surface area contributed by atoms with Crippen LogP contribution in [0.4, 0.5) is 30.7 Å². The molecule has 13 heteroatoms. The molecule has 240 valence electrons. The number of piperazine rings is 1. The molecule has 0 saturated carbocycles. The summed E-state index contributed by atoms with van der Waals surface area (Å²) in [5, 5.41) is 0. The molecule has 4 rings (SSSR count). The monoisotopic (exact) mass is 637 g/mol. The molecule has 3 aromatic rings. The van der Waals surface area contributed by atoms with Crippen LogP contribution >= 0.6 is 0 Å². The van der Waals surface area contributed by atoms with E-state index in [4.69, 9.17) is 4.74 Å². The van der Waals surface area contributed by atoms with Crippen molar-refractivity contribution < 1.29 is 45.1 Å². The molecule has 1 saturated heterocycles. The fourth-order valence-corrected chi connectivity index (χ4v) is 4.86. The summed E-state index contributed by atoms with van der Waals surface area (Å²) < 4.78 is 98.4. The minimum absolute atomic E-state index is 0.0146. The summed E-state index contributed by atoms with van der Waals surface area (Å²) >= 11 is 0. The van der Waals surface area contributed by atoms with E-state index < -0.39 is 40.8 Å². The molecular weight excluding hydrogens is 607 g/mol. The number of amides is 2. The van der Waals surface area contributed by atoms with Crippen molar-refractivity contribution in [2.75, 3.05) is 52.9 Å². The molecule has 0 radical (unpaired) electrons. The van der Waals surface area contributed by atoms with Crippen LogP contribution in [-0.2, 0) is 12.4 Å². The maximum absolute atomic E-state index is 13.5. The zero-order valence-corrected chi connectivity index (χ0v) is 24.2. The van der Waals surface area contributed by atoms with Crippen molar-refractivity contribution in [2.24, 2.45) is 0 Å². The second kappa shape index (κ2) is 14.1. The lowest BCUT2D eigenvalue weighted by molar-refractivity contribution is -0.143. The Hall–Kier alpha value is -4.39. The second-order valence-corrected chi connectivity index (χ2v) is 10.3. The van der Waals surface area contributed by atoms with Crippen molar-refractivity contribution in [1.29, 1.82) is 0 Å². The SMILES string of the molecule is COc1ccccc1C=CCN(CCN1CCN(C(=O)c2cc(C(F)(F)F)cc(C(F)(F)F)c2)CC1)C(=O)c1ccc(F)cc1. The van der Waals surface area contributed by atoms with E-state index >= 15 is 0 Å². The highest BCUT2D eigenvalue weighted by Gasteiger charge is 2.38. The smallest absolute Gasteiger partial charge is 0.416 e. The normalized spacial score (nSPS) is 14.5. The van der Waals surface area contributed by atoms with Gasteiger partial charge in [0.15, 0.2) is 0 Å². The van der Waals surface area contributed by atoms with Gasteiger partial charge in [0, 0.05) is 62.5 Å². The van der Waals surface area contributed by atoms with Crippen LogP contribution in [-0.4, -0.2) is 79.4 Å². The number of nitrogens with zero attached hydrogens (tertiary/aromatic N) is 3. The first-order chi connectivity index (χ1) is 21.3. The largest absolute Gasteiger partial charge is 0.496 e.